The molecule has 0 aliphatic carbocycles. The number of aromatic nitrogens is 5. The third-order valence-electron chi connectivity index (χ3n) is 12.8. The molecule has 326 valence electrons. The SMILES string of the molecule is CC[C@H]1OC(=O)[C@H](C)[C@H]2OC/C(=N/OCc3ccc(-n4cnnn4)nc3)CO[C@](C)(C[C@@H](C)C(=O)[C@H](C)[C@@H]3CC(=O)O[C@]13C)[C@H](O[C@@H]1O[C@H](C)C[C@H](N(C)C)[C@H]1O)[C@H]2C. The Balaban J connectivity index is 1.38. The van der Waals surface area contributed by atoms with E-state index < -0.39 is 83.4 Å². The van der Waals surface area contributed by atoms with E-state index in [0.29, 0.717) is 24.4 Å². The fourth-order valence-electron chi connectivity index (χ4n) is 9.51. The van der Waals surface area contributed by atoms with E-state index in [4.69, 9.17) is 33.3 Å². The Morgan fingerprint density at radius 1 is 1.07 bits per heavy atom. The number of carbonyl (C=O) groups excluding carboxylic acids is 3. The molecule has 4 saturated heterocycles. The van der Waals surface area contributed by atoms with Gasteiger partial charge in [-0.1, -0.05) is 38.9 Å². The molecule has 2 aromatic heterocycles. The number of fused-ring (bicyclic) bond motifs is 4. The van der Waals surface area contributed by atoms with Gasteiger partial charge in [0.25, 0.3) is 0 Å². The summed E-state index contributed by atoms with van der Waals surface area (Å²) in [6.07, 6.45) is -0.711. The van der Waals surface area contributed by atoms with Crippen LogP contribution >= 0.6 is 0 Å². The maximum atomic E-state index is 14.5. The quantitative estimate of drug-likeness (QED) is 0.300. The van der Waals surface area contributed by atoms with E-state index in [1.165, 1.54) is 11.0 Å². The first-order valence-corrected chi connectivity index (χ1v) is 20.7. The fourth-order valence-corrected chi connectivity index (χ4v) is 9.51. The van der Waals surface area contributed by atoms with Crippen LogP contribution in [0.4, 0.5) is 0 Å². The zero-order chi connectivity index (χ0) is 42.8. The van der Waals surface area contributed by atoms with E-state index in [1.807, 2.05) is 66.6 Å². The number of Topliss-reactive ketones (excluding diaryl/α,β-unsaturated/α-hetero) is 1. The lowest BCUT2D eigenvalue weighted by molar-refractivity contribution is -0.302. The highest BCUT2D eigenvalue weighted by Crippen LogP contribution is 2.46. The second-order valence-corrected chi connectivity index (χ2v) is 17.5. The molecule has 4 aliphatic rings. The molecule has 18 nitrogen and oxygen atoms in total. The van der Waals surface area contributed by atoms with Crippen molar-refractivity contribution in [1.29, 1.82) is 0 Å². The number of aliphatic hydroxyl groups is 1. The van der Waals surface area contributed by atoms with Crippen molar-refractivity contribution < 1.29 is 52.7 Å². The summed E-state index contributed by atoms with van der Waals surface area (Å²) in [7, 11) is 3.80. The van der Waals surface area contributed by atoms with E-state index >= 15 is 0 Å². The molecule has 6 rings (SSSR count). The average molecular weight is 828 g/mol. The van der Waals surface area contributed by atoms with Crippen LogP contribution in [0.5, 0.6) is 0 Å². The first kappa shape index (κ1) is 44.6. The Morgan fingerprint density at radius 3 is 2.49 bits per heavy atom. The second kappa shape index (κ2) is 18.4. The van der Waals surface area contributed by atoms with Crippen LogP contribution in [0.1, 0.15) is 86.6 Å². The number of tetrazole rings is 1. The molecule has 0 aromatic carbocycles. The standard InChI is InChI=1S/C41H61N7O11/c1-11-31-41(8)29(15-33(49)59-41)24(4)34(50)22(2)16-40(7)37(58-39-35(51)30(47(9)10)14-23(3)56-39)25(5)36(26(6)38(52)57-31)53-19-28(20-54-40)44-55-18-27-12-13-32(42-17-27)48-21-43-45-46-48/h12-13,17,21-26,29-31,35-37,39,51H,11,14-16,18-20H2,1-10H3/b44-28-/t22-,23-,24-,25+,26-,29+,30+,31-,35-,36+,37-,39+,40-,41+/m1/s1. The van der Waals surface area contributed by atoms with Gasteiger partial charge in [-0.2, -0.15) is 4.68 Å². The summed E-state index contributed by atoms with van der Waals surface area (Å²) in [5, 5.41) is 27.3. The van der Waals surface area contributed by atoms with Crippen LogP contribution in [0.25, 0.3) is 5.82 Å². The third-order valence-corrected chi connectivity index (χ3v) is 12.8. The minimum Gasteiger partial charge on any atom is -0.458 e. The van der Waals surface area contributed by atoms with Crippen LogP contribution in [-0.2, 0) is 54.2 Å². The Kier molecular flexibility index (Phi) is 13.9. The smallest absolute Gasteiger partial charge is 0.311 e. The fraction of sp³-hybridized carbons (Fsp3) is 0.756. The van der Waals surface area contributed by atoms with Crippen molar-refractivity contribution in [3.63, 3.8) is 0 Å². The van der Waals surface area contributed by atoms with Gasteiger partial charge in [0.2, 0.25) is 0 Å². The molecule has 59 heavy (non-hydrogen) atoms. The molecule has 14 atom stereocenters. The Hall–Kier alpha value is -3.94. The van der Waals surface area contributed by atoms with Crippen molar-refractivity contribution in [2.75, 3.05) is 27.3 Å². The summed E-state index contributed by atoms with van der Waals surface area (Å²) in [5.41, 5.74) is -1.36. The molecule has 2 aromatic rings. The van der Waals surface area contributed by atoms with Crippen molar-refractivity contribution in [3.05, 3.63) is 30.2 Å². The Bertz CT molecular complexity index is 1800. The molecular weight excluding hydrogens is 766 g/mol. The van der Waals surface area contributed by atoms with Gasteiger partial charge in [-0.15, -0.1) is 5.10 Å². The van der Waals surface area contributed by atoms with E-state index in [0.717, 1.165) is 5.56 Å². The van der Waals surface area contributed by atoms with Gasteiger partial charge < -0.3 is 43.3 Å². The molecular formula is C41H61N7O11. The van der Waals surface area contributed by atoms with Gasteiger partial charge in [0.15, 0.2) is 12.1 Å². The summed E-state index contributed by atoms with van der Waals surface area (Å²) in [5.74, 6) is -3.81. The number of rotatable bonds is 8. The summed E-state index contributed by atoms with van der Waals surface area (Å²) < 4.78 is 40.4. The van der Waals surface area contributed by atoms with Crippen LogP contribution in [0.3, 0.4) is 0 Å². The molecule has 0 saturated carbocycles. The van der Waals surface area contributed by atoms with E-state index in [2.05, 4.69) is 25.7 Å². The molecule has 0 radical (unpaired) electrons. The highest BCUT2D eigenvalue weighted by atomic mass is 16.7. The number of aliphatic hydroxyl groups excluding tert-OH is 1. The van der Waals surface area contributed by atoms with Crippen molar-refractivity contribution in [2.24, 2.45) is 34.7 Å². The van der Waals surface area contributed by atoms with E-state index in [9.17, 15) is 19.5 Å². The minimum atomic E-state index is -1.25. The monoisotopic (exact) mass is 827 g/mol. The molecule has 0 amide bonds. The third kappa shape index (κ3) is 9.52. The molecule has 4 aliphatic heterocycles. The average Bonchev–Trinajstić information content (AvgIpc) is 3.86. The van der Waals surface area contributed by atoms with Crippen molar-refractivity contribution in [3.8, 4) is 5.82 Å². The number of pyridine rings is 1. The molecule has 0 spiro atoms. The zero-order valence-electron chi connectivity index (χ0n) is 35.8. The molecule has 0 unspecified atom stereocenters. The second-order valence-electron chi connectivity index (χ2n) is 17.5. The highest BCUT2D eigenvalue weighted by Gasteiger charge is 2.57. The maximum Gasteiger partial charge on any atom is 0.311 e. The Morgan fingerprint density at radius 2 is 1.83 bits per heavy atom. The minimum absolute atomic E-state index is 0.0173. The number of hydrogen-bond donors (Lipinski definition) is 1. The zero-order valence-corrected chi connectivity index (χ0v) is 35.8. The van der Waals surface area contributed by atoms with Crippen molar-refractivity contribution in [2.45, 2.75) is 142 Å². The van der Waals surface area contributed by atoms with Gasteiger partial charge in [-0.25, -0.2) is 4.98 Å². The van der Waals surface area contributed by atoms with Crippen LogP contribution in [0.15, 0.2) is 29.8 Å². The topological polar surface area (TPSA) is 208 Å². The van der Waals surface area contributed by atoms with Gasteiger partial charge in [0.05, 0.1) is 49.5 Å². The van der Waals surface area contributed by atoms with E-state index in [1.54, 1.807) is 26.1 Å². The van der Waals surface area contributed by atoms with Crippen LogP contribution in [-0.4, -0.2) is 140 Å². The molecule has 2 bridgehead atoms. The first-order chi connectivity index (χ1) is 27.9. The lowest BCUT2D eigenvalue weighted by atomic mass is 9.70. The molecule has 4 fully saturated rings. The summed E-state index contributed by atoms with van der Waals surface area (Å²) >= 11 is 0. The normalized spacial score (nSPS) is 39.5. The summed E-state index contributed by atoms with van der Waals surface area (Å²) in [6.45, 7) is 14.7. The van der Waals surface area contributed by atoms with Crippen LogP contribution in [0.2, 0.25) is 0 Å². The van der Waals surface area contributed by atoms with Crippen LogP contribution in [0, 0.1) is 29.6 Å². The lowest BCUT2D eigenvalue weighted by Gasteiger charge is -2.48. The largest absolute Gasteiger partial charge is 0.458 e. The molecule has 1 N–H and O–H groups in total. The number of likely N-dealkylation sites (N-methyl/N-ethyl adjacent to an activating group) is 1. The maximum absolute atomic E-state index is 14.5. The number of esters is 2. The predicted octanol–water partition coefficient (Wildman–Crippen LogP) is 3.08. The Labute approximate surface area is 345 Å². The van der Waals surface area contributed by atoms with Crippen molar-refractivity contribution in [1.82, 2.24) is 30.1 Å². The number of ketones is 1. The predicted molar refractivity (Wildman–Crippen MR) is 210 cm³/mol. The number of ether oxygens (including phenoxy) is 6. The van der Waals surface area contributed by atoms with Gasteiger partial charge in [-0.05, 0) is 77.5 Å². The molecule has 18 heteroatoms. The van der Waals surface area contributed by atoms with Gasteiger partial charge in [0.1, 0.15) is 42.2 Å². The van der Waals surface area contributed by atoms with Gasteiger partial charge in [-0.3, -0.25) is 14.4 Å². The number of oxime groups is 1. The highest BCUT2D eigenvalue weighted by molar-refractivity contribution is 5.87. The van der Waals surface area contributed by atoms with Gasteiger partial charge >= 0.3 is 11.9 Å². The number of hydrogen-bond acceptors (Lipinski definition) is 17. The summed E-state index contributed by atoms with van der Waals surface area (Å²) in [4.78, 5) is 54.0. The van der Waals surface area contributed by atoms with Crippen molar-refractivity contribution >= 4 is 23.4 Å². The number of carbonyl (C=O) groups is 3. The number of cyclic esters (lactones) is 1. The lowest BCUT2D eigenvalue weighted by Crippen LogP contribution is -2.60. The van der Waals surface area contributed by atoms with Gasteiger partial charge in [0, 0.05) is 41.5 Å². The van der Waals surface area contributed by atoms with E-state index in [-0.39, 0.29) is 50.6 Å². The summed E-state index contributed by atoms with van der Waals surface area (Å²) in [6, 6.07) is 3.31. The molecule has 6 heterocycles. The number of nitrogens with zero attached hydrogens (tertiary/aromatic N) is 7. The van der Waals surface area contributed by atoms with Crippen LogP contribution < -0.4 is 0 Å². The first-order valence-electron chi connectivity index (χ1n) is 20.7.